The van der Waals surface area contributed by atoms with Gasteiger partial charge >= 0.3 is 6.18 Å². The van der Waals surface area contributed by atoms with Crippen molar-refractivity contribution in [3.8, 4) is 0 Å². The highest BCUT2D eigenvalue weighted by Gasteiger charge is 2.32. The van der Waals surface area contributed by atoms with Crippen molar-refractivity contribution in [3.05, 3.63) is 41.5 Å². The summed E-state index contributed by atoms with van der Waals surface area (Å²) < 4.78 is 37.3. The summed E-state index contributed by atoms with van der Waals surface area (Å²) >= 11 is 0. The van der Waals surface area contributed by atoms with Crippen LogP contribution in [0, 0.1) is 0 Å². The van der Waals surface area contributed by atoms with Crippen molar-refractivity contribution in [2.45, 2.75) is 6.18 Å². The van der Waals surface area contributed by atoms with Crippen molar-refractivity contribution < 1.29 is 18.0 Å². The molecule has 0 aromatic heterocycles. The Bertz CT molecular complexity index is 396. The van der Waals surface area contributed by atoms with Gasteiger partial charge in [0.1, 0.15) is 0 Å². The minimum Gasteiger partial charge on any atom is -0.366 e. The molecule has 1 rings (SSSR count). The number of nitrogens with two attached hydrogens (primary N) is 1. The lowest BCUT2D eigenvalue weighted by atomic mass is 10.1. The maximum Gasteiger partial charge on any atom is 0.416 e. The average molecular weight is 215 g/mol. The average Bonchev–Trinajstić information content (AvgIpc) is 2.13. The van der Waals surface area contributed by atoms with Crippen LogP contribution in [0.1, 0.15) is 11.1 Å². The SMILES string of the molecule is NC(=O)C=Cc1ccccc1C(F)(F)F. The maximum absolute atomic E-state index is 12.4. The molecule has 0 unspecified atom stereocenters. The number of carbonyl (C=O) groups excluding carboxylic acids is 1. The van der Waals surface area contributed by atoms with Gasteiger partial charge in [0.2, 0.25) is 5.91 Å². The summed E-state index contributed by atoms with van der Waals surface area (Å²) in [5.41, 5.74) is 3.92. The quantitative estimate of drug-likeness (QED) is 0.755. The van der Waals surface area contributed by atoms with Gasteiger partial charge in [-0.05, 0) is 17.7 Å². The number of benzene rings is 1. The molecule has 0 aliphatic carbocycles. The van der Waals surface area contributed by atoms with Crippen molar-refractivity contribution in [1.29, 1.82) is 0 Å². The molecule has 0 radical (unpaired) electrons. The third-order valence-electron chi connectivity index (χ3n) is 1.69. The van der Waals surface area contributed by atoms with Crippen LogP contribution in [-0.2, 0) is 11.0 Å². The van der Waals surface area contributed by atoms with Crippen molar-refractivity contribution in [1.82, 2.24) is 0 Å². The number of alkyl halides is 3. The molecule has 0 bridgehead atoms. The highest BCUT2D eigenvalue weighted by atomic mass is 19.4. The highest BCUT2D eigenvalue weighted by molar-refractivity contribution is 5.90. The minimum absolute atomic E-state index is 0.0798. The zero-order valence-corrected chi connectivity index (χ0v) is 7.58. The smallest absolute Gasteiger partial charge is 0.366 e. The standard InChI is InChI=1S/C10H8F3NO/c11-10(12,13)8-4-2-1-3-7(8)5-6-9(14)15/h1-6H,(H2,14,15). The first kappa shape index (κ1) is 11.3. The second-order valence-electron chi connectivity index (χ2n) is 2.82. The largest absolute Gasteiger partial charge is 0.416 e. The molecule has 2 nitrogen and oxygen atoms in total. The molecule has 0 saturated heterocycles. The summed E-state index contributed by atoms with van der Waals surface area (Å²) in [5.74, 6) is -0.785. The van der Waals surface area contributed by atoms with E-state index in [0.29, 0.717) is 0 Å². The Balaban J connectivity index is 3.13. The van der Waals surface area contributed by atoms with Crippen molar-refractivity contribution in [2.24, 2.45) is 5.73 Å². The van der Waals surface area contributed by atoms with Gasteiger partial charge in [0.15, 0.2) is 0 Å². The molecular formula is C10H8F3NO. The van der Waals surface area contributed by atoms with Gasteiger partial charge in [0.25, 0.3) is 0 Å². The third-order valence-corrected chi connectivity index (χ3v) is 1.69. The van der Waals surface area contributed by atoms with Crippen LogP contribution in [0.25, 0.3) is 6.08 Å². The molecule has 0 aliphatic rings. The Morgan fingerprint density at radius 2 is 1.87 bits per heavy atom. The molecule has 0 fully saturated rings. The summed E-state index contributed by atoms with van der Waals surface area (Å²) in [6.07, 6.45) is -2.49. The van der Waals surface area contributed by atoms with Gasteiger partial charge in [0, 0.05) is 6.08 Å². The van der Waals surface area contributed by atoms with Crippen LogP contribution in [0.15, 0.2) is 30.3 Å². The zero-order valence-electron chi connectivity index (χ0n) is 7.58. The van der Waals surface area contributed by atoms with Gasteiger partial charge in [-0.3, -0.25) is 4.79 Å². The molecule has 80 valence electrons. The van der Waals surface area contributed by atoms with E-state index in [1.807, 2.05) is 0 Å². The van der Waals surface area contributed by atoms with Gasteiger partial charge in [-0.2, -0.15) is 13.2 Å². The highest BCUT2D eigenvalue weighted by Crippen LogP contribution is 2.32. The number of halogens is 3. The number of hydrogen-bond acceptors (Lipinski definition) is 1. The van der Waals surface area contributed by atoms with E-state index in [1.54, 1.807) is 0 Å². The normalized spacial score (nSPS) is 11.9. The first-order valence-corrected chi connectivity index (χ1v) is 4.05. The Morgan fingerprint density at radius 1 is 1.27 bits per heavy atom. The van der Waals surface area contributed by atoms with Gasteiger partial charge < -0.3 is 5.73 Å². The van der Waals surface area contributed by atoms with Crippen LogP contribution < -0.4 is 5.73 Å². The summed E-state index contributed by atoms with van der Waals surface area (Å²) in [5, 5.41) is 0. The minimum atomic E-state index is -4.43. The number of primary amides is 1. The molecule has 2 N–H and O–H groups in total. The van der Waals surface area contributed by atoms with E-state index in [9.17, 15) is 18.0 Å². The van der Waals surface area contributed by atoms with Crippen LogP contribution in [0.5, 0.6) is 0 Å². The Kier molecular flexibility index (Phi) is 3.14. The van der Waals surface area contributed by atoms with Crippen LogP contribution in [0.2, 0.25) is 0 Å². The molecule has 1 amide bonds. The lowest BCUT2D eigenvalue weighted by Gasteiger charge is -2.09. The molecule has 15 heavy (non-hydrogen) atoms. The maximum atomic E-state index is 12.4. The van der Waals surface area contributed by atoms with Crippen molar-refractivity contribution in [2.75, 3.05) is 0 Å². The van der Waals surface area contributed by atoms with Gasteiger partial charge in [-0.1, -0.05) is 18.2 Å². The van der Waals surface area contributed by atoms with E-state index in [-0.39, 0.29) is 5.56 Å². The number of amides is 1. The zero-order chi connectivity index (χ0) is 11.5. The third kappa shape index (κ3) is 3.12. The molecule has 1 aromatic carbocycles. The van der Waals surface area contributed by atoms with Crippen molar-refractivity contribution >= 4 is 12.0 Å². The summed E-state index contributed by atoms with van der Waals surface area (Å²) in [6.45, 7) is 0. The fourth-order valence-corrected chi connectivity index (χ4v) is 1.07. The predicted octanol–water partition coefficient (Wildman–Crippen LogP) is 2.20. The Hall–Kier alpha value is -1.78. The van der Waals surface area contributed by atoms with Crippen molar-refractivity contribution in [3.63, 3.8) is 0 Å². The lowest BCUT2D eigenvalue weighted by Crippen LogP contribution is -2.08. The predicted molar refractivity (Wildman–Crippen MR) is 49.7 cm³/mol. The monoisotopic (exact) mass is 215 g/mol. The van der Waals surface area contributed by atoms with E-state index < -0.39 is 17.6 Å². The number of hydrogen-bond donors (Lipinski definition) is 1. The van der Waals surface area contributed by atoms with E-state index in [2.05, 4.69) is 0 Å². The van der Waals surface area contributed by atoms with Crippen LogP contribution >= 0.6 is 0 Å². The molecule has 0 heterocycles. The fraction of sp³-hybridized carbons (Fsp3) is 0.100. The molecule has 1 aromatic rings. The molecule has 0 spiro atoms. The number of carbonyl (C=O) groups is 1. The lowest BCUT2D eigenvalue weighted by molar-refractivity contribution is -0.137. The van der Waals surface area contributed by atoms with E-state index in [1.165, 1.54) is 18.2 Å². The second kappa shape index (κ2) is 4.16. The summed E-state index contributed by atoms with van der Waals surface area (Å²) in [7, 11) is 0. The molecule has 0 aliphatic heterocycles. The molecule has 0 atom stereocenters. The number of rotatable bonds is 2. The molecule has 5 heteroatoms. The van der Waals surface area contributed by atoms with Gasteiger partial charge in [0.05, 0.1) is 5.56 Å². The van der Waals surface area contributed by atoms with Crippen LogP contribution in [0.4, 0.5) is 13.2 Å². The topological polar surface area (TPSA) is 43.1 Å². The van der Waals surface area contributed by atoms with E-state index in [0.717, 1.165) is 18.2 Å². The fourth-order valence-electron chi connectivity index (χ4n) is 1.07. The summed E-state index contributed by atoms with van der Waals surface area (Å²) in [6, 6.07) is 4.95. The van der Waals surface area contributed by atoms with Gasteiger partial charge in [-0.15, -0.1) is 0 Å². The summed E-state index contributed by atoms with van der Waals surface area (Å²) in [4.78, 5) is 10.4. The first-order chi connectivity index (χ1) is 6.91. The van der Waals surface area contributed by atoms with Gasteiger partial charge in [-0.25, -0.2) is 0 Å². The van der Waals surface area contributed by atoms with E-state index in [4.69, 9.17) is 5.73 Å². The van der Waals surface area contributed by atoms with Crippen LogP contribution in [0.3, 0.4) is 0 Å². The Morgan fingerprint density at radius 3 is 2.40 bits per heavy atom. The Labute approximate surface area is 84.2 Å². The van der Waals surface area contributed by atoms with E-state index >= 15 is 0 Å². The first-order valence-electron chi connectivity index (χ1n) is 4.05. The van der Waals surface area contributed by atoms with Crippen LogP contribution in [-0.4, -0.2) is 5.91 Å². The molecule has 0 saturated carbocycles. The second-order valence-corrected chi connectivity index (χ2v) is 2.82. The molecular weight excluding hydrogens is 207 g/mol.